The van der Waals surface area contributed by atoms with Gasteiger partial charge in [-0.25, -0.2) is 0 Å². The molecule has 334 valence electrons. The summed E-state index contributed by atoms with van der Waals surface area (Å²) in [5.74, 6) is 0.878. The first-order chi connectivity index (χ1) is 27.7. The third-order valence-electron chi connectivity index (χ3n) is 8.68. The van der Waals surface area contributed by atoms with E-state index in [2.05, 4.69) is 10.6 Å². The van der Waals surface area contributed by atoms with Crippen LogP contribution >= 0.6 is 21.6 Å². The van der Waals surface area contributed by atoms with Crippen molar-refractivity contribution in [1.29, 1.82) is 0 Å². The van der Waals surface area contributed by atoms with Crippen molar-refractivity contribution >= 4 is 33.4 Å². The number of nitrogens with one attached hydrogen (secondary N) is 2. The summed E-state index contributed by atoms with van der Waals surface area (Å²) >= 11 is 0. The Morgan fingerprint density at radius 2 is 0.554 bits per heavy atom. The number of hydrogen-bond acceptors (Lipinski definition) is 12. The third-order valence-corrected chi connectivity index (χ3v) is 10.8. The highest BCUT2D eigenvalue weighted by Crippen LogP contribution is 2.20. The van der Waals surface area contributed by atoms with Crippen molar-refractivity contribution in [2.24, 2.45) is 0 Å². The molecule has 0 unspecified atom stereocenters. The van der Waals surface area contributed by atoms with E-state index in [0.717, 1.165) is 78.0 Å². The van der Waals surface area contributed by atoms with Crippen molar-refractivity contribution in [2.45, 2.75) is 129 Å². The van der Waals surface area contributed by atoms with Crippen LogP contribution in [0.3, 0.4) is 0 Å². The average Bonchev–Trinajstić information content (AvgIpc) is 3.20. The predicted octanol–water partition coefficient (Wildman–Crippen LogP) is 7.79. The fourth-order valence-corrected chi connectivity index (χ4v) is 7.22. The molecule has 0 rings (SSSR count). The molecule has 0 saturated heterocycles. The standard InChI is InChI=1S/C42H84N2O10S2/c1-3-47-27-29-51-35-37-53-33-31-49-25-21-17-13-9-5-7-11-15-19-23-43-41(45)39-55-56-40-42(46)44-24-20-16-12-8-6-10-14-18-22-26-50-32-34-54-38-36-52-30-28-48-4-2/h3-40H2,1-2H3,(H,43,45)(H,44,46). The van der Waals surface area contributed by atoms with Crippen molar-refractivity contribution in [3.05, 3.63) is 0 Å². The Labute approximate surface area is 350 Å². The lowest BCUT2D eigenvalue weighted by molar-refractivity contribution is -0.119. The first-order valence-electron chi connectivity index (χ1n) is 22.1. The number of carbonyl (C=O) groups is 2. The van der Waals surface area contributed by atoms with Crippen LogP contribution in [0.1, 0.15) is 129 Å². The zero-order chi connectivity index (χ0) is 40.5. The van der Waals surface area contributed by atoms with Crippen LogP contribution in [0.15, 0.2) is 0 Å². The van der Waals surface area contributed by atoms with Crippen molar-refractivity contribution in [3.8, 4) is 0 Å². The van der Waals surface area contributed by atoms with Gasteiger partial charge in [0.25, 0.3) is 0 Å². The molecular formula is C42H84N2O10S2. The summed E-state index contributed by atoms with van der Waals surface area (Å²) in [6.07, 6.45) is 21.6. The quantitative estimate of drug-likeness (QED) is 0.0458. The molecule has 0 aliphatic rings. The van der Waals surface area contributed by atoms with Crippen LogP contribution in [0.5, 0.6) is 0 Å². The van der Waals surface area contributed by atoms with Gasteiger partial charge in [-0.05, 0) is 39.5 Å². The molecule has 56 heavy (non-hydrogen) atoms. The van der Waals surface area contributed by atoms with Crippen LogP contribution in [0.25, 0.3) is 0 Å². The predicted molar refractivity (Wildman–Crippen MR) is 232 cm³/mol. The van der Waals surface area contributed by atoms with E-state index in [-0.39, 0.29) is 11.8 Å². The smallest absolute Gasteiger partial charge is 0.230 e. The van der Waals surface area contributed by atoms with E-state index in [1.165, 1.54) is 98.6 Å². The second-order valence-electron chi connectivity index (χ2n) is 13.7. The molecule has 0 spiro atoms. The minimum atomic E-state index is 0.0519. The Balaban J connectivity index is 3.23. The summed E-state index contributed by atoms with van der Waals surface area (Å²) in [5.41, 5.74) is 0. The van der Waals surface area contributed by atoms with Gasteiger partial charge in [0, 0.05) is 39.5 Å². The molecule has 0 fully saturated rings. The van der Waals surface area contributed by atoms with Gasteiger partial charge in [-0.1, -0.05) is 111 Å². The van der Waals surface area contributed by atoms with E-state index in [0.29, 0.717) is 90.8 Å². The molecule has 0 atom stereocenters. The van der Waals surface area contributed by atoms with Gasteiger partial charge in [-0.15, -0.1) is 0 Å². The van der Waals surface area contributed by atoms with Crippen LogP contribution in [0.4, 0.5) is 0 Å². The third kappa shape index (κ3) is 49.5. The lowest BCUT2D eigenvalue weighted by Crippen LogP contribution is -2.27. The molecule has 0 aliphatic heterocycles. The molecule has 2 amide bonds. The van der Waals surface area contributed by atoms with E-state index in [9.17, 15) is 9.59 Å². The van der Waals surface area contributed by atoms with Crippen LogP contribution in [0.2, 0.25) is 0 Å². The second-order valence-corrected chi connectivity index (χ2v) is 16.1. The van der Waals surface area contributed by atoms with Gasteiger partial charge in [0.1, 0.15) is 0 Å². The molecule has 0 aliphatic carbocycles. The normalized spacial score (nSPS) is 11.4. The van der Waals surface area contributed by atoms with E-state index >= 15 is 0 Å². The highest BCUT2D eigenvalue weighted by atomic mass is 33.1. The maximum absolute atomic E-state index is 12.1. The van der Waals surface area contributed by atoms with Gasteiger partial charge >= 0.3 is 0 Å². The largest absolute Gasteiger partial charge is 0.379 e. The van der Waals surface area contributed by atoms with E-state index in [1.54, 1.807) is 0 Å². The van der Waals surface area contributed by atoms with Crippen LogP contribution in [-0.2, 0) is 47.5 Å². The molecule has 2 N–H and O–H groups in total. The molecule has 0 saturated carbocycles. The van der Waals surface area contributed by atoms with Crippen molar-refractivity contribution in [1.82, 2.24) is 10.6 Å². The summed E-state index contributed by atoms with van der Waals surface area (Å²) in [6, 6.07) is 0. The number of ether oxygens (including phenoxy) is 8. The van der Waals surface area contributed by atoms with Gasteiger partial charge in [-0.2, -0.15) is 0 Å². The first-order valence-corrected chi connectivity index (χ1v) is 24.6. The van der Waals surface area contributed by atoms with Gasteiger partial charge in [0.2, 0.25) is 11.8 Å². The van der Waals surface area contributed by atoms with Crippen LogP contribution < -0.4 is 10.6 Å². The number of unbranched alkanes of at least 4 members (excludes halogenated alkanes) is 16. The Kier molecular flexibility index (Phi) is 49.9. The van der Waals surface area contributed by atoms with Gasteiger partial charge < -0.3 is 48.5 Å². The fraction of sp³-hybridized carbons (Fsp3) is 0.952. The SMILES string of the molecule is CCOCCOCCOCCOCCCCCCCCCCCNC(=O)CSSCC(=O)NCCCCCCCCCCCOCCOCCOCCOCC. The Bertz CT molecular complexity index is 730. The fourth-order valence-electron chi connectivity index (χ4n) is 5.49. The van der Waals surface area contributed by atoms with E-state index in [4.69, 9.17) is 37.9 Å². The zero-order valence-corrected chi connectivity index (χ0v) is 37.4. The summed E-state index contributed by atoms with van der Waals surface area (Å²) < 4.78 is 43.5. The summed E-state index contributed by atoms with van der Waals surface area (Å²) in [4.78, 5) is 24.2. The van der Waals surface area contributed by atoms with Crippen molar-refractivity contribution < 1.29 is 47.5 Å². The van der Waals surface area contributed by atoms with Crippen molar-refractivity contribution in [2.75, 3.05) is 130 Å². The second kappa shape index (κ2) is 50.5. The molecular weight excluding hydrogens is 757 g/mol. The number of carbonyl (C=O) groups excluding carboxylic acids is 2. The summed E-state index contributed by atoms with van der Waals surface area (Å²) in [5, 5.41) is 6.01. The summed E-state index contributed by atoms with van der Waals surface area (Å²) in [6.45, 7) is 15.9. The minimum absolute atomic E-state index is 0.0519. The van der Waals surface area contributed by atoms with Gasteiger partial charge in [0.05, 0.1) is 90.8 Å². The highest BCUT2D eigenvalue weighted by Gasteiger charge is 2.05. The molecule has 0 radical (unpaired) electrons. The van der Waals surface area contributed by atoms with Gasteiger partial charge in [0.15, 0.2) is 0 Å². The molecule has 0 bridgehead atoms. The molecule has 0 aromatic rings. The van der Waals surface area contributed by atoms with Crippen LogP contribution in [0, 0.1) is 0 Å². The zero-order valence-electron chi connectivity index (χ0n) is 35.8. The van der Waals surface area contributed by atoms with Gasteiger partial charge in [-0.3, -0.25) is 9.59 Å². The van der Waals surface area contributed by atoms with E-state index in [1.807, 2.05) is 13.8 Å². The van der Waals surface area contributed by atoms with E-state index < -0.39 is 0 Å². The highest BCUT2D eigenvalue weighted by molar-refractivity contribution is 8.77. The topological polar surface area (TPSA) is 132 Å². The molecule has 0 aromatic heterocycles. The maximum Gasteiger partial charge on any atom is 0.230 e. The summed E-state index contributed by atoms with van der Waals surface area (Å²) in [7, 11) is 2.91. The Hall–Kier alpha value is -0.680. The molecule has 14 heteroatoms. The Morgan fingerprint density at radius 1 is 0.321 bits per heavy atom. The lowest BCUT2D eigenvalue weighted by Gasteiger charge is -2.07. The molecule has 0 aromatic carbocycles. The maximum atomic E-state index is 12.1. The number of hydrogen-bond donors (Lipinski definition) is 2. The number of rotatable bonds is 49. The monoisotopic (exact) mass is 841 g/mol. The number of amides is 2. The molecule has 0 heterocycles. The first kappa shape index (κ1) is 55.3. The Morgan fingerprint density at radius 3 is 0.839 bits per heavy atom. The lowest BCUT2D eigenvalue weighted by atomic mass is 10.1. The average molecular weight is 841 g/mol. The van der Waals surface area contributed by atoms with Crippen LogP contribution in [-0.4, -0.2) is 142 Å². The minimum Gasteiger partial charge on any atom is -0.379 e. The van der Waals surface area contributed by atoms with Crippen molar-refractivity contribution in [3.63, 3.8) is 0 Å². The molecule has 12 nitrogen and oxygen atoms in total.